The van der Waals surface area contributed by atoms with Gasteiger partial charge in [-0.25, -0.2) is 8.78 Å². The minimum absolute atomic E-state index is 0.00927. The fraction of sp³-hybridized carbons (Fsp3) is 0.188. The van der Waals surface area contributed by atoms with Crippen molar-refractivity contribution in [3.05, 3.63) is 60.2 Å². The average Bonchev–Trinajstić information content (AvgIpc) is 2.55. The standard InChI is InChI=1S/C16H17F2N3O2/c17-14-7-6-13(8-15(14)18)23-10-12(22)9-20-16(19)21-11-4-2-1-3-5-11/h1-8,12,22H,9-10H2,(H3,19,20,21). The number of hydrogen-bond donors (Lipinski definition) is 3. The molecule has 2 rings (SSSR count). The van der Waals surface area contributed by atoms with Crippen LogP contribution in [0.2, 0.25) is 0 Å². The number of benzene rings is 2. The van der Waals surface area contributed by atoms with Gasteiger partial charge in [-0.05, 0) is 24.3 Å². The maximum absolute atomic E-state index is 13.0. The molecule has 0 radical (unpaired) electrons. The summed E-state index contributed by atoms with van der Waals surface area (Å²) in [5.41, 5.74) is 6.47. The highest BCUT2D eigenvalue weighted by Crippen LogP contribution is 2.15. The molecule has 0 aliphatic heterocycles. The lowest BCUT2D eigenvalue weighted by molar-refractivity contribution is 0.114. The van der Waals surface area contributed by atoms with Gasteiger partial charge < -0.3 is 20.9 Å². The number of nitrogens with one attached hydrogen (secondary N) is 1. The lowest BCUT2D eigenvalue weighted by Gasteiger charge is -2.11. The van der Waals surface area contributed by atoms with Crippen LogP contribution < -0.4 is 15.8 Å². The second-order valence-electron chi connectivity index (χ2n) is 4.76. The zero-order chi connectivity index (χ0) is 16.7. The number of rotatable bonds is 6. The normalized spacial score (nSPS) is 12.7. The zero-order valence-corrected chi connectivity index (χ0v) is 12.2. The first-order valence-corrected chi connectivity index (χ1v) is 6.92. The average molecular weight is 321 g/mol. The van der Waals surface area contributed by atoms with E-state index in [-0.39, 0.29) is 24.9 Å². The van der Waals surface area contributed by atoms with Crippen LogP contribution in [0.15, 0.2) is 53.5 Å². The number of halogens is 2. The van der Waals surface area contributed by atoms with Crippen molar-refractivity contribution in [3.8, 4) is 5.75 Å². The predicted octanol–water partition coefficient (Wildman–Crippen LogP) is 2.13. The van der Waals surface area contributed by atoms with Crippen molar-refractivity contribution in [3.63, 3.8) is 0 Å². The maximum Gasteiger partial charge on any atom is 0.193 e. The predicted molar refractivity (Wildman–Crippen MR) is 84.4 cm³/mol. The summed E-state index contributed by atoms with van der Waals surface area (Å²) < 4.78 is 30.9. The van der Waals surface area contributed by atoms with Gasteiger partial charge in [-0.1, -0.05) is 18.2 Å². The lowest BCUT2D eigenvalue weighted by atomic mass is 10.3. The SMILES string of the molecule is NC(=NCC(O)COc1ccc(F)c(F)c1)Nc1ccccc1. The quantitative estimate of drug-likeness (QED) is 0.562. The minimum Gasteiger partial charge on any atom is -0.491 e. The van der Waals surface area contributed by atoms with Crippen molar-refractivity contribution >= 4 is 11.6 Å². The van der Waals surface area contributed by atoms with Crippen LogP contribution in [0.25, 0.3) is 0 Å². The van der Waals surface area contributed by atoms with Gasteiger partial charge >= 0.3 is 0 Å². The summed E-state index contributed by atoms with van der Waals surface area (Å²) in [4.78, 5) is 3.98. The number of nitrogens with zero attached hydrogens (tertiary/aromatic N) is 1. The summed E-state index contributed by atoms with van der Waals surface area (Å²) in [6, 6.07) is 12.4. The van der Waals surface area contributed by atoms with Gasteiger partial charge in [0.05, 0.1) is 6.54 Å². The summed E-state index contributed by atoms with van der Waals surface area (Å²) >= 11 is 0. The molecule has 7 heteroatoms. The number of aliphatic imine (C=N–C) groups is 1. The van der Waals surface area contributed by atoms with Gasteiger partial charge in [0.1, 0.15) is 18.5 Å². The van der Waals surface area contributed by atoms with Crippen LogP contribution in [-0.2, 0) is 0 Å². The Hall–Kier alpha value is -2.67. The van der Waals surface area contributed by atoms with Crippen molar-refractivity contribution in [1.29, 1.82) is 0 Å². The monoisotopic (exact) mass is 321 g/mol. The highest BCUT2D eigenvalue weighted by molar-refractivity contribution is 5.92. The Balaban J connectivity index is 1.78. The molecule has 0 amide bonds. The Morgan fingerprint density at radius 1 is 1.17 bits per heavy atom. The molecule has 0 aliphatic rings. The second-order valence-corrected chi connectivity index (χ2v) is 4.76. The topological polar surface area (TPSA) is 79.9 Å². The number of aliphatic hydroxyl groups excluding tert-OH is 1. The van der Waals surface area contributed by atoms with Crippen LogP contribution in [-0.4, -0.2) is 30.3 Å². The van der Waals surface area contributed by atoms with E-state index in [2.05, 4.69) is 10.3 Å². The molecule has 4 N–H and O–H groups in total. The lowest BCUT2D eigenvalue weighted by Crippen LogP contribution is -2.27. The van der Waals surface area contributed by atoms with E-state index in [4.69, 9.17) is 10.5 Å². The molecule has 0 fully saturated rings. The second kappa shape index (κ2) is 8.09. The van der Waals surface area contributed by atoms with Crippen molar-refractivity contribution in [2.75, 3.05) is 18.5 Å². The van der Waals surface area contributed by atoms with Crippen molar-refractivity contribution in [2.45, 2.75) is 6.10 Å². The number of ether oxygens (including phenoxy) is 1. The fourth-order valence-corrected chi connectivity index (χ4v) is 1.72. The van der Waals surface area contributed by atoms with Gasteiger partial charge in [0.15, 0.2) is 17.6 Å². The fourth-order valence-electron chi connectivity index (χ4n) is 1.72. The van der Waals surface area contributed by atoms with Gasteiger partial charge in [-0.3, -0.25) is 4.99 Å². The van der Waals surface area contributed by atoms with E-state index >= 15 is 0 Å². The van der Waals surface area contributed by atoms with Crippen molar-refractivity contribution < 1.29 is 18.6 Å². The van der Waals surface area contributed by atoms with Gasteiger partial charge in [-0.2, -0.15) is 0 Å². The Morgan fingerprint density at radius 3 is 2.61 bits per heavy atom. The largest absolute Gasteiger partial charge is 0.491 e. The van der Waals surface area contributed by atoms with Gasteiger partial charge in [0, 0.05) is 11.8 Å². The van der Waals surface area contributed by atoms with Crippen molar-refractivity contribution in [1.82, 2.24) is 0 Å². The summed E-state index contributed by atoms with van der Waals surface area (Å²) in [5.74, 6) is -1.68. The number of anilines is 1. The van der Waals surface area contributed by atoms with E-state index in [0.29, 0.717) is 0 Å². The molecule has 1 atom stereocenters. The maximum atomic E-state index is 13.0. The van der Waals surface area contributed by atoms with E-state index in [9.17, 15) is 13.9 Å². The van der Waals surface area contributed by atoms with Crippen LogP contribution >= 0.6 is 0 Å². The molecule has 122 valence electrons. The van der Waals surface area contributed by atoms with E-state index < -0.39 is 17.7 Å². The summed E-state index contributed by atoms with van der Waals surface area (Å²) in [5, 5.41) is 12.6. The van der Waals surface area contributed by atoms with Crippen LogP contribution in [0.4, 0.5) is 14.5 Å². The van der Waals surface area contributed by atoms with Crippen LogP contribution in [0, 0.1) is 11.6 Å². The Morgan fingerprint density at radius 2 is 1.91 bits per heavy atom. The number of nitrogens with two attached hydrogens (primary N) is 1. The third-order valence-corrected chi connectivity index (χ3v) is 2.85. The first-order valence-electron chi connectivity index (χ1n) is 6.92. The summed E-state index contributed by atoms with van der Waals surface area (Å²) in [7, 11) is 0. The van der Waals surface area contributed by atoms with E-state index in [1.54, 1.807) is 0 Å². The zero-order valence-electron chi connectivity index (χ0n) is 12.2. The molecule has 5 nitrogen and oxygen atoms in total. The molecule has 0 saturated heterocycles. The van der Waals surface area contributed by atoms with Crippen LogP contribution in [0.1, 0.15) is 0 Å². The smallest absolute Gasteiger partial charge is 0.193 e. The Bertz CT molecular complexity index is 666. The highest BCUT2D eigenvalue weighted by Gasteiger charge is 2.07. The van der Waals surface area contributed by atoms with Gasteiger partial charge in [-0.15, -0.1) is 0 Å². The van der Waals surface area contributed by atoms with Crippen LogP contribution in [0.3, 0.4) is 0 Å². The molecule has 0 aliphatic carbocycles. The molecule has 1 unspecified atom stereocenters. The van der Waals surface area contributed by atoms with E-state index in [1.807, 2.05) is 30.3 Å². The number of aliphatic hydroxyl groups is 1. The molecule has 0 aromatic heterocycles. The van der Waals surface area contributed by atoms with Crippen molar-refractivity contribution in [2.24, 2.45) is 10.7 Å². The third-order valence-electron chi connectivity index (χ3n) is 2.85. The Kier molecular flexibility index (Phi) is 5.87. The molecular formula is C16H17F2N3O2. The molecule has 0 spiro atoms. The van der Waals surface area contributed by atoms with E-state index in [1.165, 1.54) is 6.07 Å². The summed E-state index contributed by atoms with van der Waals surface area (Å²) in [6.07, 6.45) is -0.931. The first-order chi connectivity index (χ1) is 11.0. The number of para-hydroxylation sites is 1. The molecule has 0 saturated carbocycles. The Labute approximate surface area is 132 Å². The molecule has 23 heavy (non-hydrogen) atoms. The third kappa shape index (κ3) is 5.55. The highest BCUT2D eigenvalue weighted by atomic mass is 19.2. The number of hydrogen-bond acceptors (Lipinski definition) is 3. The summed E-state index contributed by atoms with van der Waals surface area (Å²) in [6.45, 7) is -0.109. The molecular weight excluding hydrogens is 304 g/mol. The van der Waals surface area contributed by atoms with E-state index in [0.717, 1.165) is 17.8 Å². The molecule has 0 heterocycles. The molecule has 2 aromatic carbocycles. The minimum atomic E-state index is -1.01. The molecule has 2 aromatic rings. The van der Waals surface area contributed by atoms with Crippen LogP contribution in [0.5, 0.6) is 5.75 Å². The number of guanidine groups is 1. The molecule has 0 bridgehead atoms. The van der Waals surface area contributed by atoms with Gasteiger partial charge in [0.2, 0.25) is 0 Å². The van der Waals surface area contributed by atoms with Gasteiger partial charge in [0.25, 0.3) is 0 Å². The first kappa shape index (κ1) is 16.7.